The zero-order valence-electron chi connectivity index (χ0n) is 7.08. The van der Waals surface area contributed by atoms with Gasteiger partial charge in [0.15, 0.2) is 0 Å². The third-order valence-electron chi connectivity index (χ3n) is 2.18. The highest BCUT2D eigenvalue weighted by atomic mass is 15.2. The second-order valence-corrected chi connectivity index (χ2v) is 3.03. The molecule has 0 saturated heterocycles. The van der Waals surface area contributed by atoms with Gasteiger partial charge in [-0.25, -0.2) is 4.98 Å². The van der Waals surface area contributed by atoms with Crippen LogP contribution in [0.1, 0.15) is 12.2 Å². The monoisotopic (exact) mass is 166 g/mol. The molecular formula is C8H14N4. The van der Waals surface area contributed by atoms with Crippen molar-refractivity contribution >= 4 is 5.82 Å². The summed E-state index contributed by atoms with van der Waals surface area (Å²) < 4.78 is 2.23. The smallest absolute Gasteiger partial charge is 0.126 e. The Bertz CT molecular complexity index is 266. The fraction of sp³-hybridized carbons (Fsp3) is 0.625. The minimum absolute atomic E-state index is 0.746. The van der Waals surface area contributed by atoms with Crippen molar-refractivity contribution in [3.05, 3.63) is 12.0 Å². The summed E-state index contributed by atoms with van der Waals surface area (Å²) in [5.74, 6) is 2.32. The summed E-state index contributed by atoms with van der Waals surface area (Å²) in [7, 11) is 0. The van der Waals surface area contributed by atoms with E-state index in [1.54, 1.807) is 0 Å². The first-order valence-corrected chi connectivity index (χ1v) is 4.40. The van der Waals surface area contributed by atoms with Gasteiger partial charge < -0.3 is 15.6 Å². The molecule has 0 spiro atoms. The van der Waals surface area contributed by atoms with E-state index in [4.69, 9.17) is 5.73 Å². The lowest BCUT2D eigenvalue weighted by atomic mass is 10.3. The Morgan fingerprint density at radius 2 is 2.58 bits per heavy atom. The van der Waals surface area contributed by atoms with Gasteiger partial charge in [0.2, 0.25) is 0 Å². The first kappa shape index (κ1) is 7.61. The number of aromatic nitrogens is 2. The van der Waals surface area contributed by atoms with Crippen LogP contribution < -0.4 is 11.1 Å². The molecule has 0 atom stereocenters. The summed E-state index contributed by atoms with van der Waals surface area (Å²) in [5.41, 5.74) is 5.44. The topological polar surface area (TPSA) is 55.9 Å². The van der Waals surface area contributed by atoms with Crippen LogP contribution in [-0.4, -0.2) is 22.6 Å². The molecule has 1 aliphatic rings. The largest absolute Gasteiger partial charge is 0.368 e. The molecule has 0 bridgehead atoms. The second-order valence-electron chi connectivity index (χ2n) is 3.03. The quantitative estimate of drug-likeness (QED) is 0.674. The van der Waals surface area contributed by atoms with Gasteiger partial charge in [0, 0.05) is 19.5 Å². The zero-order chi connectivity index (χ0) is 8.39. The highest BCUT2D eigenvalue weighted by molar-refractivity contribution is 5.38. The predicted octanol–water partition coefficient (Wildman–Crippen LogP) is 0.200. The van der Waals surface area contributed by atoms with Crippen molar-refractivity contribution in [3.8, 4) is 0 Å². The molecule has 2 rings (SSSR count). The van der Waals surface area contributed by atoms with Gasteiger partial charge in [-0.1, -0.05) is 0 Å². The van der Waals surface area contributed by atoms with Crippen molar-refractivity contribution in [1.82, 2.24) is 9.55 Å². The number of aryl methyl sites for hydroxylation is 1. The van der Waals surface area contributed by atoms with E-state index in [9.17, 15) is 0 Å². The van der Waals surface area contributed by atoms with Crippen LogP contribution in [0.25, 0.3) is 0 Å². The van der Waals surface area contributed by atoms with Gasteiger partial charge in [-0.05, 0) is 13.0 Å². The number of anilines is 1. The van der Waals surface area contributed by atoms with Crippen molar-refractivity contribution in [2.45, 2.75) is 19.4 Å². The van der Waals surface area contributed by atoms with Gasteiger partial charge in [-0.15, -0.1) is 0 Å². The number of nitrogens with two attached hydrogens (primary N) is 1. The van der Waals surface area contributed by atoms with Crippen LogP contribution >= 0.6 is 0 Å². The average Bonchev–Trinajstić information content (AvgIpc) is 2.62. The lowest BCUT2D eigenvalue weighted by molar-refractivity contribution is 0.693. The molecule has 4 heteroatoms. The maximum Gasteiger partial charge on any atom is 0.126 e. The lowest BCUT2D eigenvalue weighted by Gasteiger charge is -2.00. The standard InChI is InChI=1S/C8H14N4/c9-3-1-2-7-11-6-8-10-4-5-12(7)8/h6,10H,1-5,9H2. The molecule has 0 unspecified atom stereocenters. The number of rotatable bonds is 3. The fourth-order valence-electron chi connectivity index (χ4n) is 1.56. The van der Waals surface area contributed by atoms with Crippen LogP contribution in [0.4, 0.5) is 5.82 Å². The molecule has 0 aromatic carbocycles. The van der Waals surface area contributed by atoms with Crippen molar-refractivity contribution in [2.75, 3.05) is 18.4 Å². The maximum atomic E-state index is 5.44. The van der Waals surface area contributed by atoms with Crippen LogP contribution in [0.15, 0.2) is 6.20 Å². The van der Waals surface area contributed by atoms with E-state index in [1.807, 2.05) is 6.20 Å². The summed E-state index contributed by atoms with van der Waals surface area (Å²) in [6.45, 7) is 2.83. The summed E-state index contributed by atoms with van der Waals surface area (Å²) >= 11 is 0. The number of fused-ring (bicyclic) bond motifs is 1. The zero-order valence-corrected chi connectivity index (χ0v) is 7.08. The molecule has 66 valence electrons. The molecule has 0 radical (unpaired) electrons. The Balaban J connectivity index is 2.11. The molecular weight excluding hydrogens is 152 g/mol. The first-order valence-electron chi connectivity index (χ1n) is 4.40. The molecule has 0 aliphatic carbocycles. The first-order chi connectivity index (χ1) is 5.92. The van der Waals surface area contributed by atoms with E-state index in [0.717, 1.165) is 38.3 Å². The summed E-state index contributed by atoms with van der Waals surface area (Å²) in [4.78, 5) is 4.32. The van der Waals surface area contributed by atoms with E-state index < -0.39 is 0 Å². The van der Waals surface area contributed by atoms with Gasteiger partial charge in [0.25, 0.3) is 0 Å². The molecule has 0 amide bonds. The molecule has 2 heterocycles. The third kappa shape index (κ3) is 1.18. The number of nitrogens with one attached hydrogen (secondary N) is 1. The van der Waals surface area contributed by atoms with E-state index in [0.29, 0.717) is 0 Å². The predicted molar refractivity (Wildman–Crippen MR) is 48.1 cm³/mol. The number of imidazole rings is 1. The average molecular weight is 166 g/mol. The SMILES string of the molecule is NCCCc1ncc2n1CCN2. The van der Waals surface area contributed by atoms with Crippen molar-refractivity contribution in [2.24, 2.45) is 5.73 Å². The third-order valence-corrected chi connectivity index (χ3v) is 2.18. The van der Waals surface area contributed by atoms with Crippen LogP contribution in [0, 0.1) is 0 Å². The van der Waals surface area contributed by atoms with E-state index >= 15 is 0 Å². The van der Waals surface area contributed by atoms with E-state index in [1.165, 1.54) is 5.82 Å². The van der Waals surface area contributed by atoms with Crippen molar-refractivity contribution in [3.63, 3.8) is 0 Å². The van der Waals surface area contributed by atoms with Gasteiger partial charge in [0.1, 0.15) is 11.6 Å². The number of hydrogen-bond donors (Lipinski definition) is 2. The van der Waals surface area contributed by atoms with Crippen molar-refractivity contribution < 1.29 is 0 Å². The van der Waals surface area contributed by atoms with Gasteiger partial charge in [-0.2, -0.15) is 0 Å². The molecule has 3 N–H and O–H groups in total. The Morgan fingerprint density at radius 3 is 3.42 bits per heavy atom. The van der Waals surface area contributed by atoms with Crippen molar-refractivity contribution in [1.29, 1.82) is 0 Å². The minimum atomic E-state index is 0.746. The normalized spacial score (nSPS) is 14.4. The van der Waals surface area contributed by atoms with Crippen LogP contribution in [0.3, 0.4) is 0 Å². The van der Waals surface area contributed by atoms with Crippen LogP contribution in [0.5, 0.6) is 0 Å². The van der Waals surface area contributed by atoms with Gasteiger partial charge >= 0.3 is 0 Å². The van der Waals surface area contributed by atoms with Gasteiger partial charge in [-0.3, -0.25) is 0 Å². The molecule has 1 aromatic rings. The molecule has 0 fully saturated rings. The summed E-state index contributed by atoms with van der Waals surface area (Å²) in [5, 5.41) is 3.27. The van der Waals surface area contributed by atoms with E-state index in [-0.39, 0.29) is 0 Å². The molecule has 1 aliphatic heterocycles. The molecule has 1 aromatic heterocycles. The highest BCUT2D eigenvalue weighted by Gasteiger charge is 2.13. The molecule has 12 heavy (non-hydrogen) atoms. The summed E-state index contributed by atoms with van der Waals surface area (Å²) in [6.07, 6.45) is 3.92. The fourth-order valence-corrected chi connectivity index (χ4v) is 1.56. The summed E-state index contributed by atoms with van der Waals surface area (Å²) in [6, 6.07) is 0. The Labute approximate surface area is 71.8 Å². The van der Waals surface area contributed by atoms with Gasteiger partial charge in [0.05, 0.1) is 6.20 Å². The molecule has 4 nitrogen and oxygen atoms in total. The minimum Gasteiger partial charge on any atom is -0.368 e. The molecule has 0 saturated carbocycles. The second kappa shape index (κ2) is 3.15. The highest BCUT2D eigenvalue weighted by Crippen LogP contribution is 2.16. The van der Waals surface area contributed by atoms with E-state index in [2.05, 4.69) is 14.9 Å². The van der Waals surface area contributed by atoms with Crippen LogP contribution in [0.2, 0.25) is 0 Å². The maximum absolute atomic E-state index is 5.44. The number of hydrogen-bond acceptors (Lipinski definition) is 3. The van der Waals surface area contributed by atoms with Crippen LogP contribution in [-0.2, 0) is 13.0 Å². The lowest BCUT2D eigenvalue weighted by Crippen LogP contribution is -2.05. The Morgan fingerprint density at radius 1 is 1.67 bits per heavy atom. The number of nitrogens with zero attached hydrogens (tertiary/aromatic N) is 2. The Kier molecular flexibility index (Phi) is 1.99. The Hall–Kier alpha value is -1.03.